The van der Waals surface area contributed by atoms with Gasteiger partial charge in [0.1, 0.15) is 6.29 Å². The molecule has 0 N–H and O–H groups in total. The number of carbonyl (C=O) groups excluding carboxylic acids is 1. The molecule has 11 heavy (non-hydrogen) atoms. The Labute approximate surface area is 84.2 Å². The average Bonchev–Trinajstić information content (AvgIpc) is 2.33. The van der Waals surface area contributed by atoms with Gasteiger partial charge in [-0.2, -0.15) is 0 Å². The predicted molar refractivity (Wildman–Crippen MR) is 53.2 cm³/mol. The molecular formula is C8H12Br2O. The van der Waals surface area contributed by atoms with Crippen LogP contribution in [0.15, 0.2) is 0 Å². The summed E-state index contributed by atoms with van der Waals surface area (Å²) in [4.78, 5) is 10.0. The van der Waals surface area contributed by atoms with Crippen LogP contribution in [-0.2, 0) is 4.79 Å². The van der Waals surface area contributed by atoms with Gasteiger partial charge in [0.05, 0.1) is 3.23 Å². The monoisotopic (exact) mass is 282 g/mol. The van der Waals surface area contributed by atoms with Gasteiger partial charge in [-0.15, -0.1) is 0 Å². The van der Waals surface area contributed by atoms with Crippen molar-refractivity contribution < 1.29 is 4.79 Å². The summed E-state index contributed by atoms with van der Waals surface area (Å²) in [5, 5.41) is 0. The molecule has 0 aromatic heterocycles. The molecule has 1 unspecified atom stereocenters. The highest BCUT2D eigenvalue weighted by atomic mass is 79.9. The van der Waals surface area contributed by atoms with Gasteiger partial charge < -0.3 is 4.79 Å². The Morgan fingerprint density at radius 3 is 2.45 bits per heavy atom. The Morgan fingerprint density at radius 1 is 1.55 bits per heavy atom. The van der Waals surface area contributed by atoms with Crippen molar-refractivity contribution in [2.24, 2.45) is 5.41 Å². The van der Waals surface area contributed by atoms with Crippen LogP contribution in [0.2, 0.25) is 0 Å². The van der Waals surface area contributed by atoms with E-state index in [9.17, 15) is 4.79 Å². The second-order valence-corrected chi connectivity index (χ2v) is 7.27. The highest BCUT2D eigenvalue weighted by Gasteiger charge is 2.60. The molecule has 1 fully saturated rings. The molecule has 1 aliphatic carbocycles. The maximum Gasteiger partial charge on any atom is 0.119 e. The van der Waals surface area contributed by atoms with Gasteiger partial charge in [-0.3, -0.25) is 0 Å². The summed E-state index contributed by atoms with van der Waals surface area (Å²) in [7, 11) is 0. The zero-order valence-electron chi connectivity index (χ0n) is 6.57. The maximum atomic E-state index is 10.0. The topological polar surface area (TPSA) is 17.1 Å². The molecule has 0 spiro atoms. The first-order chi connectivity index (χ1) is 5.02. The number of unbranched alkanes of at least 4 members (excludes halogenated alkanes) is 1. The van der Waals surface area contributed by atoms with Crippen LogP contribution < -0.4 is 0 Å². The van der Waals surface area contributed by atoms with Crippen molar-refractivity contribution in [1.29, 1.82) is 0 Å². The molecule has 1 nitrogen and oxygen atoms in total. The standard InChI is InChI=1S/C8H12Br2O/c1-7(4-2-3-5-11)6-8(7,9)10/h5H,2-4,6H2,1H3. The molecule has 0 heterocycles. The smallest absolute Gasteiger partial charge is 0.119 e. The number of carbonyl (C=O) groups is 1. The molecule has 1 rings (SSSR count). The summed E-state index contributed by atoms with van der Waals surface area (Å²) in [5.74, 6) is 0. The van der Waals surface area contributed by atoms with Crippen molar-refractivity contribution in [2.75, 3.05) is 0 Å². The Kier molecular flexibility index (Phi) is 2.80. The van der Waals surface area contributed by atoms with E-state index in [-0.39, 0.29) is 3.23 Å². The van der Waals surface area contributed by atoms with E-state index in [1.807, 2.05) is 0 Å². The van der Waals surface area contributed by atoms with E-state index in [1.54, 1.807) is 0 Å². The third-order valence-corrected chi connectivity index (χ3v) is 4.90. The number of hydrogen-bond donors (Lipinski definition) is 0. The lowest BCUT2D eigenvalue weighted by Gasteiger charge is -2.10. The molecule has 64 valence electrons. The van der Waals surface area contributed by atoms with Crippen molar-refractivity contribution in [3.05, 3.63) is 0 Å². The SMILES string of the molecule is CC1(CCCC=O)CC1(Br)Br. The summed E-state index contributed by atoms with van der Waals surface area (Å²) in [6, 6.07) is 0. The fraction of sp³-hybridized carbons (Fsp3) is 0.875. The van der Waals surface area contributed by atoms with Crippen LogP contribution in [0.1, 0.15) is 32.6 Å². The van der Waals surface area contributed by atoms with Crippen LogP contribution in [0.4, 0.5) is 0 Å². The minimum absolute atomic E-state index is 0.163. The first-order valence-electron chi connectivity index (χ1n) is 3.83. The number of alkyl halides is 2. The Balaban J connectivity index is 2.23. The van der Waals surface area contributed by atoms with E-state index in [2.05, 4.69) is 38.8 Å². The summed E-state index contributed by atoms with van der Waals surface area (Å²) in [5.41, 5.74) is 0.371. The van der Waals surface area contributed by atoms with Crippen LogP contribution in [0, 0.1) is 5.41 Å². The van der Waals surface area contributed by atoms with Crippen molar-refractivity contribution >= 4 is 38.1 Å². The molecular weight excluding hydrogens is 272 g/mol. The van der Waals surface area contributed by atoms with Gasteiger partial charge in [-0.25, -0.2) is 0 Å². The van der Waals surface area contributed by atoms with Crippen molar-refractivity contribution in [3.8, 4) is 0 Å². The lowest BCUT2D eigenvalue weighted by molar-refractivity contribution is -0.107. The van der Waals surface area contributed by atoms with E-state index >= 15 is 0 Å². The molecule has 1 atom stereocenters. The van der Waals surface area contributed by atoms with Gasteiger partial charge >= 0.3 is 0 Å². The minimum Gasteiger partial charge on any atom is -0.303 e. The van der Waals surface area contributed by atoms with Crippen LogP contribution in [0.5, 0.6) is 0 Å². The lowest BCUT2D eigenvalue weighted by atomic mass is 10.0. The van der Waals surface area contributed by atoms with Gasteiger partial charge in [-0.1, -0.05) is 38.8 Å². The van der Waals surface area contributed by atoms with Crippen LogP contribution in [0.25, 0.3) is 0 Å². The Bertz CT molecular complexity index is 167. The average molecular weight is 284 g/mol. The maximum absolute atomic E-state index is 10.0. The highest BCUT2D eigenvalue weighted by molar-refractivity contribution is 9.25. The number of hydrogen-bond acceptors (Lipinski definition) is 1. The fourth-order valence-electron chi connectivity index (χ4n) is 1.29. The van der Waals surface area contributed by atoms with Crippen LogP contribution in [-0.4, -0.2) is 9.52 Å². The molecule has 0 aliphatic heterocycles. The lowest BCUT2D eigenvalue weighted by Crippen LogP contribution is -2.02. The summed E-state index contributed by atoms with van der Waals surface area (Å²) < 4.78 is 0.163. The van der Waals surface area contributed by atoms with Crippen molar-refractivity contribution in [2.45, 2.75) is 35.8 Å². The molecule has 1 aliphatic rings. The summed E-state index contributed by atoms with van der Waals surface area (Å²) in [6.07, 6.45) is 5.00. The quantitative estimate of drug-likeness (QED) is 0.440. The van der Waals surface area contributed by atoms with Crippen molar-refractivity contribution in [3.63, 3.8) is 0 Å². The van der Waals surface area contributed by atoms with E-state index in [0.717, 1.165) is 19.1 Å². The largest absolute Gasteiger partial charge is 0.303 e. The van der Waals surface area contributed by atoms with Gasteiger partial charge in [0.15, 0.2) is 0 Å². The Morgan fingerprint density at radius 2 is 2.09 bits per heavy atom. The number of halogens is 2. The molecule has 0 saturated heterocycles. The number of rotatable bonds is 4. The third-order valence-electron chi connectivity index (χ3n) is 2.42. The molecule has 0 radical (unpaired) electrons. The van der Waals surface area contributed by atoms with Gasteiger partial charge in [0.25, 0.3) is 0 Å². The van der Waals surface area contributed by atoms with E-state index in [1.165, 1.54) is 6.42 Å². The molecule has 0 bridgehead atoms. The normalized spacial score (nSPS) is 33.4. The molecule has 0 aromatic rings. The minimum atomic E-state index is 0.163. The first-order valence-corrected chi connectivity index (χ1v) is 5.42. The van der Waals surface area contributed by atoms with E-state index < -0.39 is 0 Å². The molecule has 0 aromatic carbocycles. The third kappa shape index (κ3) is 2.05. The first kappa shape index (κ1) is 9.72. The van der Waals surface area contributed by atoms with Gasteiger partial charge in [0.2, 0.25) is 0 Å². The fourth-order valence-corrected chi connectivity index (χ4v) is 2.93. The summed E-state index contributed by atoms with van der Waals surface area (Å²) >= 11 is 7.18. The Hall–Kier alpha value is 0.630. The van der Waals surface area contributed by atoms with E-state index in [0.29, 0.717) is 11.8 Å². The second kappa shape index (κ2) is 3.17. The van der Waals surface area contributed by atoms with Crippen molar-refractivity contribution in [1.82, 2.24) is 0 Å². The van der Waals surface area contributed by atoms with Crippen LogP contribution in [0.3, 0.4) is 0 Å². The zero-order chi connectivity index (χ0) is 8.54. The predicted octanol–water partition coefficient (Wildman–Crippen LogP) is 3.25. The summed E-state index contributed by atoms with van der Waals surface area (Å²) in [6.45, 7) is 2.24. The number of aldehydes is 1. The van der Waals surface area contributed by atoms with Crippen LogP contribution >= 0.6 is 31.9 Å². The second-order valence-electron chi connectivity index (χ2n) is 3.50. The molecule has 0 amide bonds. The van der Waals surface area contributed by atoms with E-state index in [4.69, 9.17) is 0 Å². The highest BCUT2D eigenvalue weighted by Crippen LogP contribution is 2.68. The molecule has 1 saturated carbocycles. The van der Waals surface area contributed by atoms with Gasteiger partial charge in [-0.05, 0) is 24.7 Å². The zero-order valence-corrected chi connectivity index (χ0v) is 9.74. The van der Waals surface area contributed by atoms with Gasteiger partial charge in [0, 0.05) is 6.42 Å². The molecule has 3 heteroatoms.